The van der Waals surface area contributed by atoms with E-state index in [2.05, 4.69) is 34.5 Å². The Labute approximate surface area is 172 Å². The van der Waals surface area contributed by atoms with E-state index in [1.807, 2.05) is 13.0 Å². The molecule has 1 aliphatic carbocycles. The highest BCUT2D eigenvalue weighted by Gasteiger charge is 2.25. The number of hydrogen-bond donors (Lipinski definition) is 1. The van der Waals surface area contributed by atoms with Crippen LogP contribution in [0.3, 0.4) is 0 Å². The fourth-order valence-electron chi connectivity index (χ4n) is 3.94. The Morgan fingerprint density at radius 2 is 2.00 bits per heavy atom. The van der Waals surface area contributed by atoms with E-state index in [-0.39, 0.29) is 17.8 Å². The molecular weight excluding hydrogens is 367 g/mol. The predicted octanol–water partition coefficient (Wildman–Crippen LogP) is 4.37. The first-order chi connectivity index (χ1) is 14.0. The summed E-state index contributed by atoms with van der Waals surface area (Å²) in [5, 5.41) is 2.90. The lowest BCUT2D eigenvalue weighted by molar-refractivity contribution is -0.119. The van der Waals surface area contributed by atoms with Gasteiger partial charge in [0, 0.05) is 26.6 Å². The summed E-state index contributed by atoms with van der Waals surface area (Å²) in [6.45, 7) is 6.56. The highest BCUT2D eigenvalue weighted by molar-refractivity contribution is 5.73. The third kappa shape index (κ3) is 4.96. The second kappa shape index (κ2) is 8.54. The third-order valence-electron chi connectivity index (χ3n) is 5.85. The van der Waals surface area contributed by atoms with E-state index in [0.29, 0.717) is 24.7 Å². The van der Waals surface area contributed by atoms with E-state index < -0.39 is 0 Å². The summed E-state index contributed by atoms with van der Waals surface area (Å²) in [4.78, 5) is 13.6. The van der Waals surface area contributed by atoms with Crippen LogP contribution in [0.5, 0.6) is 5.75 Å². The lowest BCUT2D eigenvalue weighted by Gasteiger charge is -2.29. The molecule has 5 heteroatoms. The molecule has 2 aromatic rings. The first kappa shape index (κ1) is 19.9. The predicted molar refractivity (Wildman–Crippen MR) is 111 cm³/mol. The number of nitrogens with one attached hydrogen (secondary N) is 1. The number of fused-ring (bicyclic) bond motifs is 1. The lowest BCUT2D eigenvalue weighted by atomic mass is 9.98. The van der Waals surface area contributed by atoms with E-state index in [9.17, 15) is 9.18 Å². The molecule has 1 N–H and O–H groups in total. The zero-order valence-electron chi connectivity index (χ0n) is 17.2. The van der Waals surface area contributed by atoms with Crippen molar-refractivity contribution in [3.05, 3.63) is 64.5 Å². The van der Waals surface area contributed by atoms with Crippen molar-refractivity contribution in [3.8, 4) is 5.75 Å². The Morgan fingerprint density at radius 3 is 2.69 bits per heavy atom. The molecule has 2 aromatic carbocycles. The second-order valence-corrected chi connectivity index (χ2v) is 8.39. The maximum Gasteiger partial charge on any atom is 0.217 e. The summed E-state index contributed by atoms with van der Waals surface area (Å²) in [6.07, 6.45) is 3.11. The molecule has 1 unspecified atom stereocenters. The zero-order valence-corrected chi connectivity index (χ0v) is 17.2. The number of carbonyl (C=O) groups excluding carboxylic acids is 1. The zero-order chi connectivity index (χ0) is 20.4. The fourth-order valence-corrected chi connectivity index (χ4v) is 3.94. The summed E-state index contributed by atoms with van der Waals surface area (Å²) in [6, 6.07) is 12.2. The van der Waals surface area contributed by atoms with Crippen LogP contribution in [-0.4, -0.2) is 24.0 Å². The van der Waals surface area contributed by atoms with Crippen molar-refractivity contribution in [2.45, 2.75) is 52.2 Å². The molecule has 1 aliphatic heterocycles. The monoisotopic (exact) mass is 396 g/mol. The molecule has 29 heavy (non-hydrogen) atoms. The van der Waals surface area contributed by atoms with Gasteiger partial charge in [0.2, 0.25) is 5.91 Å². The molecule has 154 valence electrons. The van der Waals surface area contributed by atoms with Crippen molar-refractivity contribution in [2.24, 2.45) is 5.92 Å². The van der Waals surface area contributed by atoms with Gasteiger partial charge < -0.3 is 10.1 Å². The Balaban J connectivity index is 1.37. The molecule has 0 aromatic heterocycles. The highest BCUT2D eigenvalue weighted by atomic mass is 19.1. The summed E-state index contributed by atoms with van der Waals surface area (Å²) in [5.41, 5.74) is 4.18. The summed E-state index contributed by atoms with van der Waals surface area (Å²) >= 11 is 0. The van der Waals surface area contributed by atoms with Gasteiger partial charge in [-0.3, -0.25) is 9.69 Å². The number of hydrogen-bond acceptors (Lipinski definition) is 3. The van der Waals surface area contributed by atoms with Crippen LogP contribution in [0, 0.1) is 11.7 Å². The molecule has 0 saturated heterocycles. The molecule has 2 aliphatic rings. The topological polar surface area (TPSA) is 41.6 Å². The van der Waals surface area contributed by atoms with Crippen molar-refractivity contribution >= 4 is 5.91 Å². The number of halogens is 1. The van der Waals surface area contributed by atoms with E-state index in [4.69, 9.17) is 4.74 Å². The van der Waals surface area contributed by atoms with Crippen LogP contribution in [0.1, 0.15) is 55.0 Å². The van der Waals surface area contributed by atoms with Gasteiger partial charge in [0.05, 0.1) is 12.6 Å². The smallest absolute Gasteiger partial charge is 0.217 e. The van der Waals surface area contributed by atoms with Crippen LogP contribution in [0.2, 0.25) is 0 Å². The summed E-state index contributed by atoms with van der Waals surface area (Å²) in [5.74, 6) is 0.836. The Morgan fingerprint density at radius 1 is 1.24 bits per heavy atom. The van der Waals surface area contributed by atoms with Crippen LogP contribution in [0.4, 0.5) is 4.39 Å². The largest absolute Gasteiger partial charge is 0.490 e. The Hall–Kier alpha value is -2.40. The van der Waals surface area contributed by atoms with Gasteiger partial charge >= 0.3 is 0 Å². The van der Waals surface area contributed by atoms with Crippen molar-refractivity contribution < 1.29 is 13.9 Å². The lowest BCUT2D eigenvalue weighted by Crippen LogP contribution is -2.30. The van der Waals surface area contributed by atoms with Crippen LogP contribution in [-0.2, 0) is 24.3 Å². The molecule has 1 heterocycles. The number of rotatable bonds is 7. The number of nitrogens with zero attached hydrogens (tertiary/aromatic N) is 1. The van der Waals surface area contributed by atoms with Crippen LogP contribution in [0.15, 0.2) is 36.4 Å². The number of amides is 1. The summed E-state index contributed by atoms with van der Waals surface area (Å²) in [7, 11) is 0. The van der Waals surface area contributed by atoms with Crippen LogP contribution in [0.25, 0.3) is 0 Å². The van der Waals surface area contributed by atoms with Crippen LogP contribution < -0.4 is 10.1 Å². The van der Waals surface area contributed by atoms with E-state index in [0.717, 1.165) is 36.3 Å². The molecule has 0 radical (unpaired) electrons. The Bertz CT molecular complexity index is 877. The van der Waals surface area contributed by atoms with Crippen molar-refractivity contribution in [1.82, 2.24) is 10.2 Å². The maximum atomic E-state index is 14.8. The van der Waals surface area contributed by atoms with E-state index >= 15 is 0 Å². The number of carbonyl (C=O) groups is 1. The third-order valence-corrected chi connectivity index (χ3v) is 5.85. The average Bonchev–Trinajstić information content (AvgIpc) is 3.52. The van der Waals surface area contributed by atoms with Crippen molar-refractivity contribution in [1.29, 1.82) is 0 Å². The van der Waals surface area contributed by atoms with Gasteiger partial charge in [-0.15, -0.1) is 0 Å². The average molecular weight is 397 g/mol. The molecule has 4 rings (SSSR count). The molecule has 1 amide bonds. The van der Waals surface area contributed by atoms with Gasteiger partial charge in [0.25, 0.3) is 0 Å². The Kier molecular flexibility index (Phi) is 5.86. The number of ether oxygens (including phenoxy) is 1. The first-order valence-corrected chi connectivity index (χ1v) is 10.5. The van der Waals surface area contributed by atoms with E-state index in [1.165, 1.54) is 25.3 Å². The minimum Gasteiger partial charge on any atom is -0.490 e. The van der Waals surface area contributed by atoms with Gasteiger partial charge in [0.1, 0.15) is 0 Å². The standard InChI is InChI=1S/C24H29FN2O2/c1-16(26-17(2)28)20-7-5-18(6-8-20)13-27-12-11-22-21(14-27)9-10-23(24(22)25)29-15-19-3-4-19/h5-10,16,19H,3-4,11-15H2,1-2H3,(H,26,28). The molecule has 1 atom stereocenters. The molecule has 1 saturated carbocycles. The number of benzene rings is 2. The van der Waals surface area contributed by atoms with E-state index in [1.54, 1.807) is 6.07 Å². The maximum absolute atomic E-state index is 14.8. The first-order valence-electron chi connectivity index (χ1n) is 10.5. The van der Waals surface area contributed by atoms with Gasteiger partial charge in [-0.25, -0.2) is 4.39 Å². The quantitative estimate of drug-likeness (QED) is 0.756. The fraction of sp³-hybridized carbons (Fsp3) is 0.458. The molecule has 0 bridgehead atoms. The normalized spacial score (nSPS) is 17.5. The van der Waals surface area contributed by atoms with Gasteiger partial charge in [-0.2, -0.15) is 0 Å². The van der Waals surface area contributed by atoms with Crippen molar-refractivity contribution in [2.75, 3.05) is 13.2 Å². The molecule has 0 spiro atoms. The molecule has 1 fully saturated rings. The van der Waals surface area contributed by atoms with Gasteiger partial charge in [-0.05, 0) is 60.4 Å². The second-order valence-electron chi connectivity index (χ2n) is 8.39. The van der Waals surface area contributed by atoms with Gasteiger partial charge in [-0.1, -0.05) is 30.3 Å². The molecule has 4 nitrogen and oxygen atoms in total. The van der Waals surface area contributed by atoms with Gasteiger partial charge in [0.15, 0.2) is 11.6 Å². The SMILES string of the molecule is CC(=O)NC(C)c1ccc(CN2CCc3c(ccc(OCC4CC4)c3F)C2)cc1. The minimum absolute atomic E-state index is 0.00252. The highest BCUT2D eigenvalue weighted by Crippen LogP contribution is 2.33. The van der Waals surface area contributed by atoms with Crippen molar-refractivity contribution in [3.63, 3.8) is 0 Å². The summed E-state index contributed by atoms with van der Waals surface area (Å²) < 4.78 is 20.5. The molecular formula is C24H29FN2O2. The van der Waals surface area contributed by atoms with Crippen LogP contribution >= 0.6 is 0 Å². The minimum atomic E-state index is -0.167.